The number of halogens is 2. The molecule has 3 aliphatic rings. The number of nitrogens with zero attached hydrogens (tertiary/aromatic N) is 2. The van der Waals surface area contributed by atoms with E-state index in [4.69, 9.17) is 4.99 Å². The van der Waals surface area contributed by atoms with Crippen molar-refractivity contribution in [1.82, 2.24) is 4.90 Å². The third-order valence-electron chi connectivity index (χ3n) is 6.81. The molecule has 0 spiro atoms. The Morgan fingerprint density at radius 3 is 2.44 bits per heavy atom. The molecule has 1 heterocycles. The van der Waals surface area contributed by atoms with Gasteiger partial charge in [0.2, 0.25) is 0 Å². The van der Waals surface area contributed by atoms with Crippen LogP contribution in [0.25, 0.3) is 0 Å². The number of aliphatic hydroxyl groups is 1. The molecule has 2 aliphatic carbocycles. The zero-order chi connectivity index (χ0) is 23.7. The Labute approximate surface area is 212 Å². The third kappa shape index (κ3) is 6.77. The predicted molar refractivity (Wildman–Crippen MR) is 145 cm³/mol. The number of allylic oxidation sites excluding steroid dienone is 5. The number of aliphatic imine (C=N–C) groups is 1. The minimum absolute atomic E-state index is 0.0511. The Morgan fingerprint density at radius 2 is 1.81 bits per heavy atom. The highest BCUT2D eigenvalue weighted by atomic mass is 79.9. The van der Waals surface area contributed by atoms with E-state index in [1.807, 2.05) is 6.21 Å². The number of hydrogen-bond donors (Lipinski definition) is 1. The van der Waals surface area contributed by atoms with Crippen LogP contribution >= 0.6 is 31.9 Å². The molecule has 1 aliphatic heterocycles. The van der Waals surface area contributed by atoms with E-state index in [1.54, 1.807) is 0 Å². The molecule has 1 saturated heterocycles. The van der Waals surface area contributed by atoms with Crippen LogP contribution in [0.3, 0.4) is 0 Å². The fourth-order valence-electron chi connectivity index (χ4n) is 4.91. The highest BCUT2D eigenvalue weighted by Crippen LogP contribution is 2.40. The molecule has 0 radical (unpaired) electrons. The molecule has 1 N–H and O–H groups in total. The van der Waals surface area contributed by atoms with E-state index in [9.17, 15) is 5.11 Å². The minimum atomic E-state index is -0.501. The van der Waals surface area contributed by atoms with Crippen LogP contribution in [-0.4, -0.2) is 48.0 Å². The summed E-state index contributed by atoms with van der Waals surface area (Å²) in [6.45, 7) is 16.3. The predicted octanol–water partition coefficient (Wildman–Crippen LogP) is 7.03. The molecule has 0 aromatic carbocycles. The van der Waals surface area contributed by atoms with E-state index in [-0.39, 0.29) is 16.7 Å². The van der Waals surface area contributed by atoms with E-state index >= 15 is 0 Å². The number of rotatable bonds is 5. The van der Waals surface area contributed by atoms with E-state index in [1.165, 1.54) is 27.4 Å². The van der Waals surface area contributed by atoms with Gasteiger partial charge in [0, 0.05) is 29.2 Å². The zero-order valence-corrected chi connectivity index (χ0v) is 23.7. The van der Waals surface area contributed by atoms with Crippen LogP contribution in [0.1, 0.15) is 60.8 Å². The highest BCUT2D eigenvalue weighted by Gasteiger charge is 2.34. The molecule has 0 saturated carbocycles. The Hall–Kier alpha value is -0.490. The summed E-state index contributed by atoms with van der Waals surface area (Å²) in [5.41, 5.74) is 2.38. The molecule has 3 rings (SSSR count). The first-order valence-electron chi connectivity index (χ1n) is 11.9. The molecule has 0 bridgehead atoms. The maximum atomic E-state index is 11.1. The largest absolute Gasteiger partial charge is 0.388 e. The lowest BCUT2D eigenvalue weighted by Gasteiger charge is -2.36. The van der Waals surface area contributed by atoms with Crippen molar-refractivity contribution in [2.45, 2.75) is 73.0 Å². The first kappa shape index (κ1) is 26.1. The van der Waals surface area contributed by atoms with Gasteiger partial charge in [0.05, 0.1) is 12.6 Å². The van der Waals surface area contributed by atoms with Gasteiger partial charge in [-0.1, -0.05) is 91.6 Å². The van der Waals surface area contributed by atoms with E-state index in [0.29, 0.717) is 12.0 Å². The lowest BCUT2D eigenvalue weighted by molar-refractivity contribution is 0.164. The fraction of sp³-hybridized carbons (Fsp3) is 0.667. The van der Waals surface area contributed by atoms with Crippen LogP contribution in [0.5, 0.6) is 0 Å². The average molecular weight is 568 g/mol. The van der Waals surface area contributed by atoms with Gasteiger partial charge >= 0.3 is 0 Å². The van der Waals surface area contributed by atoms with E-state index < -0.39 is 6.10 Å². The number of likely N-dealkylation sites (tertiary alicyclic amines) is 1. The van der Waals surface area contributed by atoms with Crippen molar-refractivity contribution in [3.63, 3.8) is 0 Å². The van der Waals surface area contributed by atoms with Crippen molar-refractivity contribution >= 4 is 38.1 Å². The van der Waals surface area contributed by atoms with Crippen LogP contribution < -0.4 is 0 Å². The second-order valence-corrected chi connectivity index (χ2v) is 13.6. The summed E-state index contributed by atoms with van der Waals surface area (Å²) in [6, 6.07) is 0.493. The summed E-state index contributed by atoms with van der Waals surface area (Å²) in [5, 5.41) is 11.1. The number of aliphatic hydroxyl groups excluding tert-OH is 1. The van der Waals surface area contributed by atoms with E-state index in [2.05, 4.69) is 103 Å². The molecule has 178 valence electrons. The molecule has 4 atom stereocenters. The molecular formula is C27H40Br2N2O. The highest BCUT2D eigenvalue weighted by molar-refractivity contribution is 9.12. The average Bonchev–Trinajstić information content (AvgIpc) is 3.07. The molecule has 5 heteroatoms. The molecule has 3 nitrogen and oxygen atoms in total. The topological polar surface area (TPSA) is 35.8 Å². The van der Waals surface area contributed by atoms with Gasteiger partial charge in [-0.2, -0.15) is 0 Å². The SMILES string of the molecule is CC(C)(C)C1=CC(/C=N/CC2CCCN2CC2C=C(Br)C=C(Br)C2)C(O)C(C(C)(C)C)=C1. The molecule has 32 heavy (non-hydrogen) atoms. The maximum Gasteiger partial charge on any atom is 0.0870 e. The quantitative estimate of drug-likeness (QED) is 0.362. The second kappa shape index (κ2) is 10.4. The Morgan fingerprint density at radius 1 is 1.09 bits per heavy atom. The summed E-state index contributed by atoms with van der Waals surface area (Å²) >= 11 is 7.32. The Bertz CT molecular complexity index is 839. The lowest BCUT2D eigenvalue weighted by atomic mass is 9.71. The molecule has 1 fully saturated rings. The summed E-state index contributed by atoms with van der Waals surface area (Å²) in [7, 11) is 0. The maximum absolute atomic E-state index is 11.1. The Balaban J connectivity index is 1.67. The van der Waals surface area contributed by atoms with Crippen LogP contribution in [0.2, 0.25) is 0 Å². The first-order valence-corrected chi connectivity index (χ1v) is 13.5. The van der Waals surface area contributed by atoms with Crippen molar-refractivity contribution in [1.29, 1.82) is 0 Å². The molecular weight excluding hydrogens is 528 g/mol. The first-order chi connectivity index (χ1) is 14.8. The van der Waals surface area contributed by atoms with Crippen molar-refractivity contribution in [2.75, 3.05) is 19.6 Å². The monoisotopic (exact) mass is 566 g/mol. The van der Waals surface area contributed by atoms with Crippen molar-refractivity contribution < 1.29 is 5.11 Å². The van der Waals surface area contributed by atoms with Gasteiger partial charge in [-0.15, -0.1) is 0 Å². The van der Waals surface area contributed by atoms with Crippen LogP contribution in [0.4, 0.5) is 0 Å². The van der Waals surface area contributed by atoms with Crippen LogP contribution in [0.15, 0.2) is 49.4 Å². The number of hydrogen-bond acceptors (Lipinski definition) is 3. The van der Waals surface area contributed by atoms with Gasteiger partial charge in [0.1, 0.15) is 0 Å². The van der Waals surface area contributed by atoms with E-state index in [0.717, 1.165) is 31.6 Å². The van der Waals surface area contributed by atoms with Gasteiger partial charge < -0.3 is 5.11 Å². The fourth-order valence-corrected chi connectivity index (χ4v) is 6.53. The Kier molecular flexibility index (Phi) is 8.50. The zero-order valence-electron chi connectivity index (χ0n) is 20.5. The lowest BCUT2D eigenvalue weighted by Crippen LogP contribution is -2.36. The van der Waals surface area contributed by atoms with Crippen LogP contribution in [0, 0.1) is 22.7 Å². The van der Waals surface area contributed by atoms with Gasteiger partial charge in [0.15, 0.2) is 0 Å². The van der Waals surface area contributed by atoms with Crippen molar-refractivity contribution in [3.8, 4) is 0 Å². The standard InChI is InChI=1S/C27H40Br2N2O/c1-26(2,3)20-12-19(25(32)24(13-20)27(4,5)6)15-30-16-23-8-7-9-31(23)17-18-10-21(28)14-22(29)11-18/h10,12-15,18-19,23,25,32H,7-9,11,16-17H2,1-6H3/b30-15+. The van der Waals surface area contributed by atoms with Gasteiger partial charge in [0.25, 0.3) is 0 Å². The second-order valence-electron chi connectivity index (χ2n) is 11.7. The van der Waals surface area contributed by atoms with Crippen molar-refractivity contribution in [2.24, 2.45) is 27.7 Å². The summed E-state index contributed by atoms with van der Waals surface area (Å²) in [6.07, 6.45) is 14.0. The van der Waals surface area contributed by atoms with Crippen molar-refractivity contribution in [3.05, 3.63) is 44.4 Å². The van der Waals surface area contributed by atoms with Gasteiger partial charge in [-0.25, -0.2) is 0 Å². The van der Waals surface area contributed by atoms with Gasteiger partial charge in [-0.3, -0.25) is 9.89 Å². The minimum Gasteiger partial charge on any atom is -0.388 e. The molecule has 4 unspecified atom stereocenters. The van der Waals surface area contributed by atoms with Crippen LogP contribution in [-0.2, 0) is 0 Å². The molecule has 0 aromatic heterocycles. The summed E-state index contributed by atoms with van der Waals surface area (Å²) in [5.74, 6) is 0.474. The molecule has 0 aromatic rings. The molecule has 0 amide bonds. The summed E-state index contributed by atoms with van der Waals surface area (Å²) in [4.78, 5) is 7.50. The smallest absolute Gasteiger partial charge is 0.0870 e. The van der Waals surface area contributed by atoms with Gasteiger partial charge in [-0.05, 0) is 64.3 Å². The summed E-state index contributed by atoms with van der Waals surface area (Å²) < 4.78 is 2.44. The third-order valence-corrected chi connectivity index (χ3v) is 7.85. The normalized spacial score (nSPS) is 30.3.